The molecule has 0 aromatic heterocycles. The quantitative estimate of drug-likeness (QED) is 0.490. The molecule has 6 heteroatoms. The van der Waals surface area contributed by atoms with Crippen molar-refractivity contribution in [3.63, 3.8) is 0 Å². The number of allylic oxidation sites excluding steroid dienone is 1. The summed E-state index contributed by atoms with van der Waals surface area (Å²) in [6.07, 6.45) is 7.53. The third-order valence-electron chi connectivity index (χ3n) is 4.95. The Kier molecular flexibility index (Phi) is 6.60. The van der Waals surface area contributed by atoms with Gasteiger partial charge in [0.1, 0.15) is 22.7 Å². The van der Waals surface area contributed by atoms with Crippen LogP contribution in [0.4, 0.5) is 0 Å². The maximum atomic E-state index is 11.3. The van der Waals surface area contributed by atoms with Gasteiger partial charge < -0.3 is 25.2 Å². The van der Waals surface area contributed by atoms with Gasteiger partial charge in [0.05, 0.1) is 17.3 Å². The highest BCUT2D eigenvalue weighted by Crippen LogP contribution is 2.41. The summed E-state index contributed by atoms with van der Waals surface area (Å²) in [5, 5.41) is 39.7. The number of carboxylic acids is 1. The van der Waals surface area contributed by atoms with Crippen LogP contribution in [-0.4, -0.2) is 43.7 Å². The minimum Gasteiger partial charge on any atom is -0.506 e. The standard InChI is InChI=1S/C23H30O6/c1-14(7-6-10-22(3,4)28)17(24)9-12-23(5)11-8-16-18(29-23)13-15(2)19(20(16)25)21(26)27/h6,8,10-11,13,17,24-25,28H,1,7,9,12H2,2-5H3,(H,26,27)/b10-6+/t17-,23+/m1/s1. The Morgan fingerprint density at radius 3 is 2.66 bits per heavy atom. The van der Waals surface area contributed by atoms with E-state index in [1.54, 1.807) is 51.1 Å². The van der Waals surface area contributed by atoms with Gasteiger partial charge in [-0.25, -0.2) is 4.79 Å². The highest BCUT2D eigenvalue weighted by atomic mass is 16.5. The van der Waals surface area contributed by atoms with Gasteiger partial charge in [0.2, 0.25) is 0 Å². The van der Waals surface area contributed by atoms with Crippen LogP contribution in [0.5, 0.6) is 11.5 Å². The predicted octanol–water partition coefficient (Wildman–Crippen LogP) is 3.98. The van der Waals surface area contributed by atoms with Crippen LogP contribution in [0, 0.1) is 6.92 Å². The van der Waals surface area contributed by atoms with Gasteiger partial charge in [0, 0.05) is 0 Å². The SMILES string of the molecule is C=C(C/C=C/C(C)(C)O)[C@H](O)CC[C@]1(C)C=Cc2c(cc(C)c(C(=O)O)c2O)O1. The van der Waals surface area contributed by atoms with E-state index >= 15 is 0 Å². The molecule has 0 saturated heterocycles. The molecular weight excluding hydrogens is 372 g/mol. The molecule has 2 rings (SSSR count). The first-order valence-corrected chi connectivity index (χ1v) is 9.57. The zero-order chi connectivity index (χ0) is 22.0. The first-order chi connectivity index (χ1) is 13.3. The van der Waals surface area contributed by atoms with Crippen molar-refractivity contribution in [2.75, 3.05) is 0 Å². The van der Waals surface area contributed by atoms with E-state index in [1.165, 1.54) is 0 Å². The second-order valence-corrected chi connectivity index (χ2v) is 8.35. The zero-order valence-electron chi connectivity index (χ0n) is 17.4. The predicted molar refractivity (Wildman–Crippen MR) is 112 cm³/mol. The van der Waals surface area contributed by atoms with E-state index in [2.05, 4.69) is 6.58 Å². The second-order valence-electron chi connectivity index (χ2n) is 8.35. The molecule has 158 valence electrons. The number of hydrogen-bond donors (Lipinski definition) is 4. The molecule has 2 atom stereocenters. The molecule has 0 bridgehead atoms. The smallest absolute Gasteiger partial charge is 0.339 e. The molecule has 0 saturated carbocycles. The van der Waals surface area contributed by atoms with Crippen LogP contribution in [0.2, 0.25) is 0 Å². The highest BCUT2D eigenvalue weighted by Gasteiger charge is 2.31. The summed E-state index contributed by atoms with van der Waals surface area (Å²) in [6, 6.07) is 1.61. The number of fused-ring (bicyclic) bond motifs is 1. The average molecular weight is 402 g/mol. The van der Waals surface area contributed by atoms with E-state index < -0.39 is 23.3 Å². The normalized spacial score (nSPS) is 19.7. The van der Waals surface area contributed by atoms with Gasteiger partial charge in [-0.15, -0.1) is 0 Å². The molecule has 6 nitrogen and oxygen atoms in total. The van der Waals surface area contributed by atoms with Crippen molar-refractivity contribution in [2.45, 2.75) is 64.3 Å². The Labute approximate surface area is 171 Å². The van der Waals surface area contributed by atoms with Gasteiger partial charge in [-0.05, 0) is 76.3 Å². The number of aromatic hydroxyl groups is 1. The van der Waals surface area contributed by atoms with E-state index in [0.29, 0.717) is 41.7 Å². The molecule has 1 aromatic carbocycles. The lowest BCUT2D eigenvalue weighted by Gasteiger charge is -2.33. The number of aliphatic hydroxyl groups excluding tert-OH is 1. The number of aryl methyl sites for hydroxylation is 1. The van der Waals surface area contributed by atoms with Gasteiger partial charge >= 0.3 is 5.97 Å². The lowest BCUT2D eigenvalue weighted by molar-refractivity contribution is 0.0692. The number of aliphatic hydroxyl groups is 2. The van der Waals surface area contributed by atoms with Crippen molar-refractivity contribution in [2.24, 2.45) is 0 Å². The summed E-state index contributed by atoms with van der Waals surface area (Å²) >= 11 is 0. The van der Waals surface area contributed by atoms with Crippen molar-refractivity contribution < 1.29 is 30.0 Å². The van der Waals surface area contributed by atoms with Crippen LogP contribution in [0.1, 0.15) is 61.5 Å². The van der Waals surface area contributed by atoms with Gasteiger partial charge in [0.25, 0.3) is 0 Å². The molecule has 29 heavy (non-hydrogen) atoms. The number of aromatic carboxylic acids is 1. The van der Waals surface area contributed by atoms with Gasteiger partial charge in [0.15, 0.2) is 0 Å². The Hall–Kier alpha value is -2.57. The summed E-state index contributed by atoms with van der Waals surface area (Å²) < 4.78 is 6.04. The fourth-order valence-corrected chi connectivity index (χ4v) is 3.24. The van der Waals surface area contributed by atoms with Crippen LogP contribution in [0.3, 0.4) is 0 Å². The zero-order valence-corrected chi connectivity index (χ0v) is 17.4. The minimum absolute atomic E-state index is 0.133. The third kappa shape index (κ3) is 5.71. The number of rotatable bonds is 8. The number of phenols is 1. The van der Waals surface area contributed by atoms with Gasteiger partial charge in [-0.3, -0.25) is 0 Å². The monoisotopic (exact) mass is 402 g/mol. The van der Waals surface area contributed by atoms with Crippen molar-refractivity contribution in [3.8, 4) is 11.5 Å². The highest BCUT2D eigenvalue weighted by molar-refractivity contribution is 5.95. The molecule has 0 spiro atoms. The Morgan fingerprint density at radius 1 is 1.41 bits per heavy atom. The maximum Gasteiger partial charge on any atom is 0.339 e. The molecule has 1 aliphatic heterocycles. The third-order valence-corrected chi connectivity index (χ3v) is 4.95. The van der Waals surface area contributed by atoms with Crippen LogP contribution in [-0.2, 0) is 0 Å². The van der Waals surface area contributed by atoms with Crippen LogP contribution >= 0.6 is 0 Å². The first-order valence-electron chi connectivity index (χ1n) is 9.57. The molecule has 1 aliphatic rings. The molecule has 1 aromatic rings. The van der Waals surface area contributed by atoms with E-state index in [4.69, 9.17) is 4.74 Å². The van der Waals surface area contributed by atoms with E-state index in [9.17, 15) is 25.2 Å². The van der Waals surface area contributed by atoms with Crippen LogP contribution < -0.4 is 4.74 Å². The summed E-state index contributed by atoms with van der Waals surface area (Å²) in [6.45, 7) is 10.7. The van der Waals surface area contributed by atoms with Crippen molar-refractivity contribution >= 4 is 12.0 Å². The Morgan fingerprint density at radius 2 is 2.07 bits per heavy atom. The molecule has 0 amide bonds. The van der Waals surface area contributed by atoms with Gasteiger partial charge in [-0.2, -0.15) is 0 Å². The fourth-order valence-electron chi connectivity index (χ4n) is 3.24. The van der Waals surface area contributed by atoms with E-state index in [1.807, 2.05) is 6.92 Å². The molecular formula is C23H30O6. The summed E-state index contributed by atoms with van der Waals surface area (Å²) in [5.74, 6) is -1.08. The summed E-state index contributed by atoms with van der Waals surface area (Å²) in [4.78, 5) is 11.3. The number of benzene rings is 1. The van der Waals surface area contributed by atoms with Crippen molar-refractivity contribution in [1.82, 2.24) is 0 Å². The fraction of sp³-hybridized carbons (Fsp3) is 0.435. The van der Waals surface area contributed by atoms with Crippen molar-refractivity contribution in [1.29, 1.82) is 0 Å². The van der Waals surface area contributed by atoms with Crippen molar-refractivity contribution in [3.05, 3.63) is 53.1 Å². The number of hydrogen-bond acceptors (Lipinski definition) is 5. The Balaban J connectivity index is 2.05. The number of carboxylic acid groups (broad SMARTS) is 1. The Bertz CT molecular complexity index is 859. The topological polar surface area (TPSA) is 107 Å². The molecule has 1 heterocycles. The summed E-state index contributed by atoms with van der Waals surface area (Å²) in [5.41, 5.74) is -0.344. The number of ether oxygens (including phenoxy) is 1. The summed E-state index contributed by atoms with van der Waals surface area (Å²) in [7, 11) is 0. The lowest BCUT2D eigenvalue weighted by Crippen LogP contribution is -2.33. The molecule has 0 aliphatic carbocycles. The molecule has 0 radical (unpaired) electrons. The molecule has 4 N–H and O–H groups in total. The van der Waals surface area contributed by atoms with Crippen LogP contribution in [0.25, 0.3) is 6.08 Å². The first kappa shape index (κ1) is 22.7. The lowest BCUT2D eigenvalue weighted by atomic mass is 9.90. The van der Waals surface area contributed by atoms with Crippen LogP contribution in [0.15, 0.2) is 36.4 Å². The molecule has 0 unspecified atom stereocenters. The second kappa shape index (κ2) is 8.43. The molecule has 0 fully saturated rings. The van der Waals surface area contributed by atoms with E-state index in [0.717, 1.165) is 0 Å². The van der Waals surface area contributed by atoms with E-state index in [-0.39, 0.29) is 11.3 Å². The average Bonchev–Trinajstić information content (AvgIpc) is 2.57. The number of carbonyl (C=O) groups is 1. The minimum atomic E-state index is -1.19. The van der Waals surface area contributed by atoms with Gasteiger partial charge in [-0.1, -0.05) is 18.7 Å². The largest absolute Gasteiger partial charge is 0.506 e. The maximum absolute atomic E-state index is 11.3.